The lowest BCUT2D eigenvalue weighted by Crippen LogP contribution is -2.46. The van der Waals surface area contributed by atoms with Crippen molar-refractivity contribution in [1.82, 2.24) is 19.7 Å². The highest BCUT2D eigenvalue weighted by Gasteiger charge is 2.77. The van der Waals surface area contributed by atoms with Gasteiger partial charge in [0.2, 0.25) is 5.91 Å². The summed E-state index contributed by atoms with van der Waals surface area (Å²) in [5, 5.41) is 30.6. The zero-order valence-corrected chi connectivity index (χ0v) is 37.3. The number of nitrogens with one attached hydrogen (secondary N) is 3. The number of esters is 2. The third kappa shape index (κ3) is 16.1. The Balaban J connectivity index is 1.50. The van der Waals surface area contributed by atoms with E-state index in [0.29, 0.717) is 6.42 Å². The normalized spacial score (nSPS) is 23.2. The lowest BCUT2D eigenvalue weighted by molar-refractivity contribution is -0.161. The van der Waals surface area contributed by atoms with E-state index in [2.05, 4.69) is 39.6 Å². The summed E-state index contributed by atoms with van der Waals surface area (Å²) in [7, 11) is -1.88. The molecule has 2 heterocycles. The van der Waals surface area contributed by atoms with Gasteiger partial charge in [-0.1, -0.05) is 98.1 Å². The van der Waals surface area contributed by atoms with Gasteiger partial charge in [0.1, 0.15) is 30.0 Å². The third-order valence-corrected chi connectivity index (χ3v) is 12.6. The number of rotatable bonds is 30. The summed E-state index contributed by atoms with van der Waals surface area (Å²) in [6, 6.07) is -1.69. The number of fused-ring (bicyclic) bond motifs is 1. The molecule has 2 fully saturated rings. The number of aromatic nitrogens is 2. The van der Waals surface area contributed by atoms with E-state index in [1.54, 1.807) is 0 Å². The van der Waals surface area contributed by atoms with Gasteiger partial charge in [0, 0.05) is 12.6 Å². The first-order chi connectivity index (χ1) is 28.1. The molecule has 16 nitrogen and oxygen atoms in total. The molecule has 2 aliphatic rings. The minimum atomic E-state index is -4.28. The average Bonchev–Trinajstić information content (AvgIpc) is 3.69. The van der Waals surface area contributed by atoms with E-state index in [-0.39, 0.29) is 36.4 Å². The standard InChI is InChI=1S/C42H72N5O11P/c1-8-9-10-11-12-13-14-15-16-17-18-19-20-21-22-23-35(48)43-34-24-25-47(41(52)44-34)38-36-37(49)33(58-42(36,38)53)28-57-59(54,45-31(26-29(2)3)39(50)55-6)46-32(27-30(4)5)40(51)56-7/h15-16,24-25,29-33,36-38,49,53H,8-14,17-23,26-28H2,1-7H3,(H2,45,46,54)(H,43,44,48,52). The summed E-state index contributed by atoms with van der Waals surface area (Å²) in [5.41, 5.74) is -0.754. The van der Waals surface area contributed by atoms with Gasteiger partial charge in [0.25, 0.3) is 0 Å². The molecule has 0 aromatic carbocycles. The Hall–Kier alpha value is -2.98. The van der Waals surface area contributed by atoms with Crippen molar-refractivity contribution in [1.29, 1.82) is 0 Å². The maximum atomic E-state index is 14.3. The molecule has 17 heteroatoms. The molecule has 1 aromatic rings. The topological polar surface area (TPSA) is 217 Å². The largest absolute Gasteiger partial charge is 0.468 e. The monoisotopic (exact) mass is 853 g/mol. The molecule has 7 unspecified atom stereocenters. The number of allylic oxidation sites excluding steroid dienone is 2. The first-order valence-corrected chi connectivity index (χ1v) is 23.3. The number of ether oxygens (including phenoxy) is 3. The van der Waals surface area contributed by atoms with E-state index in [0.717, 1.165) is 49.5 Å². The Morgan fingerprint density at radius 1 is 0.898 bits per heavy atom. The Morgan fingerprint density at radius 2 is 1.42 bits per heavy atom. The van der Waals surface area contributed by atoms with Crippen molar-refractivity contribution >= 4 is 31.3 Å². The van der Waals surface area contributed by atoms with Crippen LogP contribution in [0.2, 0.25) is 0 Å². The second-order valence-corrected chi connectivity index (χ2v) is 18.6. The number of nitrogens with zero attached hydrogens (tertiary/aromatic N) is 2. The number of carbonyl (C=O) groups excluding carboxylic acids is 3. The minimum absolute atomic E-state index is 0.0179. The molecule has 1 aliphatic heterocycles. The molecule has 59 heavy (non-hydrogen) atoms. The molecule has 336 valence electrons. The molecule has 7 atom stereocenters. The predicted molar refractivity (Wildman–Crippen MR) is 225 cm³/mol. The maximum absolute atomic E-state index is 14.3. The van der Waals surface area contributed by atoms with Crippen LogP contribution in [0.4, 0.5) is 5.82 Å². The van der Waals surface area contributed by atoms with Gasteiger partial charge in [-0.25, -0.2) is 15.0 Å². The van der Waals surface area contributed by atoms with Crippen molar-refractivity contribution in [3.05, 3.63) is 34.9 Å². The molecule has 0 bridgehead atoms. The Morgan fingerprint density at radius 3 is 1.90 bits per heavy atom. The minimum Gasteiger partial charge on any atom is -0.468 e. The van der Waals surface area contributed by atoms with E-state index in [1.807, 2.05) is 27.7 Å². The van der Waals surface area contributed by atoms with Gasteiger partial charge >= 0.3 is 25.3 Å². The smallest absolute Gasteiger partial charge is 0.349 e. The van der Waals surface area contributed by atoms with Crippen LogP contribution in [0.15, 0.2) is 29.2 Å². The van der Waals surface area contributed by atoms with Crippen molar-refractivity contribution in [2.24, 2.45) is 17.8 Å². The SMILES string of the molecule is CCCCCCCCC=CCCCCCCCC(=O)Nc1ccn(C2C3C(O)C(COP(=O)(NC(CC(C)C)C(=O)OC)NC(CC(C)C)C(=O)OC)OC32O)c(=O)n1. The van der Waals surface area contributed by atoms with Crippen LogP contribution in [0.3, 0.4) is 0 Å². The van der Waals surface area contributed by atoms with Crippen LogP contribution in [0, 0.1) is 17.8 Å². The first kappa shape index (κ1) is 50.4. The number of amides is 1. The van der Waals surface area contributed by atoms with Crippen LogP contribution >= 0.6 is 7.67 Å². The summed E-state index contributed by atoms with van der Waals surface area (Å²) in [6.45, 7) is 9.17. The summed E-state index contributed by atoms with van der Waals surface area (Å²) >= 11 is 0. The van der Waals surface area contributed by atoms with Crippen molar-refractivity contribution in [3.63, 3.8) is 0 Å². The number of carbonyl (C=O) groups is 3. The molecule has 1 aromatic heterocycles. The Bertz CT molecular complexity index is 1570. The molecule has 0 radical (unpaired) electrons. The number of hydrogen-bond acceptors (Lipinski definition) is 12. The molecule has 5 N–H and O–H groups in total. The van der Waals surface area contributed by atoms with Crippen molar-refractivity contribution in [3.8, 4) is 0 Å². The van der Waals surface area contributed by atoms with Crippen molar-refractivity contribution < 1.29 is 47.9 Å². The third-order valence-electron chi connectivity index (χ3n) is 10.7. The van der Waals surface area contributed by atoms with Crippen LogP contribution in [-0.2, 0) is 37.7 Å². The lowest BCUT2D eigenvalue weighted by Gasteiger charge is -2.30. The van der Waals surface area contributed by atoms with E-state index in [1.165, 1.54) is 65.0 Å². The van der Waals surface area contributed by atoms with Crippen LogP contribution in [0.5, 0.6) is 0 Å². The quantitative estimate of drug-likeness (QED) is 0.0248. The van der Waals surface area contributed by atoms with Gasteiger partial charge in [-0.15, -0.1) is 0 Å². The number of anilines is 1. The molecule has 1 saturated carbocycles. The first-order valence-electron chi connectivity index (χ1n) is 21.7. The van der Waals surface area contributed by atoms with Gasteiger partial charge in [-0.05, 0) is 62.8 Å². The zero-order chi connectivity index (χ0) is 43.6. The highest BCUT2D eigenvalue weighted by molar-refractivity contribution is 7.54. The van der Waals surface area contributed by atoms with Crippen LogP contribution in [-0.4, -0.2) is 88.5 Å². The van der Waals surface area contributed by atoms with Crippen molar-refractivity contribution in [2.45, 2.75) is 173 Å². The second kappa shape index (κ2) is 25.1. The van der Waals surface area contributed by atoms with Crippen molar-refractivity contribution in [2.75, 3.05) is 26.1 Å². The molecule has 1 aliphatic carbocycles. The maximum Gasteiger partial charge on any atom is 0.349 e. The number of hydrogen-bond donors (Lipinski definition) is 5. The second-order valence-electron chi connectivity index (χ2n) is 16.8. The highest BCUT2D eigenvalue weighted by atomic mass is 31.2. The van der Waals surface area contributed by atoms with E-state index in [9.17, 15) is 34.0 Å². The summed E-state index contributed by atoms with van der Waals surface area (Å²) in [4.78, 5) is 54.9. The molecule has 0 spiro atoms. The summed E-state index contributed by atoms with van der Waals surface area (Å²) < 4.78 is 36.9. The summed E-state index contributed by atoms with van der Waals surface area (Å²) in [5.74, 6) is -4.51. The Kier molecular flexibility index (Phi) is 21.4. The molecule has 1 saturated heterocycles. The van der Waals surface area contributed by atoms with Crippen LogP contribution < -0.4 is 21.2 Å². The van der Waals surface area contributed by atoms with Crippen LogP contribution in [0.25, 0.3) is 0 Å². The number of aliphatic hydroxyl groups is 2. The fourth-order valence-electron chi connectivity index (χ4n) is 7.57. The fraction of sp³-hybridized carbons (Fsp3) is 0.786. The van der Waals surface area contributed by atoms with E-state index in [4.69, 9.17) is 18.7 Å². The lowest BCUT2D eigenvalue weighted by atomic mass is 10.1. The highest BCUT2D eigenvalue weighted by Crippen LogP contribution is 2.62. The van der Waals surface area contributed by atoms with E-state index >= 15 is 0 Å². The number of methoxy groups -OCH3 is 2. The molecule has 1 amide bonds. The predicted octanol–water partition coefficient (Wildman–Crippen LogP) is 6.32. The molecular weight excluding hydrogens is 781 g/mol. The van der Waals surface area contributed by atoms with Gasteiger partial charge in [-0.2, -0.15) is 4.98 Å². The summed E-state index contributed by atoms with van der Waals surface area (Å²) in [6.07, 6.45) is 19.3. The fourth-order valence-corrected chi connectivity index (χ4v) is 9.40. The number of aliphatic hydroxyl groups excluding tert-OH is 1. The average molecular weight is 854 g/mol. The molecule has 3 rings (SSSR count). The van der Waals surface area contributed by atoms with Gasteiger partial charge in [-0.3, -0.25) is 23.5 Å². The Labute approximate surface area is 350 Å². The van der Waals surface area contributed by atoms with E-state index < -0.39 is 73.9 Å². The van der Waals surface area contributed by atoms with Crippen LogP contribution in [0.1, 0.15) is 143 Å². The van der Waals surface area contributed by atoms with Gasteiger partial charge in [0.15, 0.2) is 5.79 Å². The zero-order valence-electron chi connectivity index (χ0n) is 36.4. The molecular formula is C42H72N5O11P. The number of unbranched alkanes of at least 4 members (excludes halogenated alkanes) is 11. The van der Waals surface area contributed by atoms with Gasteiger partial charge in [0.05, 0.1) is 32.8 Å². The van der Waals surface area contributed by atoms with Gasteiger partial charge < -0.3 is 34.3 Å².